The predicted octanol–water partition coefficient (Wildman–Crippen LogP) is 3.34. The van der Waals surface area contributed by atoms with Gasteiger partial charge >= 0.3 is 0 Å². The Morgan fingerprint density at radius 2 is 1.80 bits per heavy atom. The first-order valence-electron chi connectivity index (χ1n) is 5.54. The molecule has 82 valence electrons. The van der Waals surface area contributed by atoms with Gasteiger partial charge in [-0.3, -0.25) is 0 Å². The van der Waals surface area contributed by atoms with Crippen molar-refractivity contribution < 1.29 is 5.11 Å². The Hall–Kier alpha value is -1.08. The van der Waals surface area contributed by atoms with Crippen LogP contribution in [0.1, 0.15) is 32.3 Å². The summed E-state index contributed by atoms with van der Waals surface area (Å²) in [5.74, 6) is 0. The van der Waals surface area contributed by atoms with E-state index in [0.717, 1.165) is 19.3 Å². The van der Waals surface area contributed by atoms with Crippen LogP contribution in [0.3, 0.4) is 0 Å². The lowest BCUT2D eigenvalue weighted by Gasteiger charge is -2.06. The summed E-state index contributed by atoms with van der Waals surface area (Å²) in [6, 6.07) is 10.5. The van der Waals surface area contributed by atoms with Crippen molar-refractivity contribution in [3.63, 3.8) is 0 Å². The zero-order valence-corrected chi connectivity index (χ0v) is 9.66. The number of rotatable bonds is 5. The molecular weight excluding hydrogens is 184 g/mol. The Balaban J connectivity index is 2.37. The summed E-state index contributed by atoms with van der Waals surface area (Å²) in [4.78, 5) is 0. The van der Waals surface area contributed by atoms with Crippen LogP contribution < -0.4 is 0 Å². The summed E-state index contributed by atoms with van der Waals surface area (Å²) in [6.45, 7) is 4.33. The molecule has 0 saturated heterocycles. The Morgan fingerprint density at radius 1 is 1.13 bits per heavy atom. The van der Waals surface area contributed by atoms with Gasteiger partial charge in [-0.25, -0.2) is 0 Å². The van der Waals surface area contributed by atoms with Gasteiger partial charge in [-0.2, -0.15) is 0 Å². The molecule has 1 aromatic rings. The number of hydrogen-bond donors (Lipinski definition) is 1. The molecular formula is C14H20O. The fourth-order valence-corrected chi connectivity index (χ4v) is 1.64. The molecule has 0 unspecified atom stereocenters. The number of aliphatic hydroxyl groups excluding tert-OH is 1. The number of benzene rings is 1. The van der Waals surface area contributed by atoms with E-state index in [1.165, 1.54) is 16.7 Å². The molecule has 1 nitrogen and oxygen atoms in total. The number of allylic oxidation sites excluding steroid dienone is 1. The average molecular weight is 204 g/mol. The molecule has 0 aliphatic carbocycles. The summed E-state index contributed by atoms with van der Waals surface area (Å²) in [7, 11) is 0. The smallest absolute Gasteiger partial charge is 0.0644 e. The molecule has 1 rings (SSSR count). The van der Waals surface area contributed by atoms with Crippen molar-refractivity contribution in [1.82, 2.24) is 0 Å². The monoisotopic (exact) mass is 204 g/mol. The van der Waals surface area contributed by atoms with Crippen molar-refractivity contribution in [2.75, 3.05) is 6.61 Å². The highest BCUT2D eigenvalue weighted by atomic mass is 16.3. The van der Waals surface area contributed by atoms with Gasteiger partial charge in [0.1, 0.15) is 0 Å². The average Bonchev–Trinajstić information content (AvgIpc) is 2.25. The van der Waals surface area contributed by atoms with Crippen LogP contribution in [-0.2, 0) is 6.42 Å². The second-order valence-electron chi connectivity index (χ2n) is 4.10. The van der Waals surface area contributed by atoms with Gasteiger partial charge < -0.3 is 5.11 Å². The van der Waals surface area contributed by atoms with Crippen LogP contribution in [0.4, 0.5) is 0 Å². The van der Waals surface area contributed by atoms with E-state index in [-0.39, 0.29) is 6.61 Å². The molecule has 0 saturated carbocycles. The lowest BCUT2D eigenvalue weighted by atomic mass is 10.0. The van der Waals surface area contributed by atoms with Crippen LogP contribution in [0.2, 0.25) is 0 Å². The zero-order chi connectivity index (χ0) is 11.1. The maximum absolute atomic E-state index is 9.14. The lowest BCUT2D eigenvalue weighted by molar-refractivity contribution is 0.324. The third kappa shape index (κ3) is 4.30. The van der Waals surface area contributed by atoms with Crippen molar-refractivity contribution >= 4 is 0 Å². The molecule has 0 aromatic heterocycles. The highest BCUT2D eigenvalue weighted by molar-refractivity contribution is 5.15. The molecule has 0 radical (unpaired) electrons. The SMILES string of the molecule is CC(C)=C(CO)CCCc1ccccc1. The molecule has 0 spiro atoms. The third-order valence-electron chi connectivity index (χ3n) is 2.68. The van der Waals surface area contributed by atoms with E-state index in [1.807, 2.05) is 6.07 Å². The number of aryl methyl sites for hydroxylation is 1. The summed E-state index contributed by atoms with van der Waals surface area (Å²) in [6.07, 6.45) is 3.22. The van der Waals surface area contributed by atoms with Gasteiger partial charge in [0.15, 0.2) is 0 Å². The molecule has 0 heterocycles. The van der Waals surface area contributed by atoms with Crippen LogP contribution in [0, 0.1) is 0 Å². The van der Waals surface area contributed by atoms with E-state index in [1.54, 1.807) is 0 Å². The molecule has 0 fully saturated rings. The first-order valence-corrected chi connectivity index (χ1v) is 5.54. The van der Waals surface area contributed by atoms with Crippen molar-refractivity contribution in [2.24, 2.45) is 0 Å². The molecule has 15 heavy (non-hydrogen) atoms. The van der Waals surface area contributed by atoms with Gasteiger partial charge in [0.2, 0.25) is 0 Å². The molecule has 1 aromatic carbocycles. The summed E-state index contributed by atoms with van der Waals surface area (Å²) >= 11 is 0. The van der Waals surface area contributed by atoms with Gasteiger partial charge in [-0.1, -0.05) is 35.9 Å². The molecule has 1 heteroatoms. The van der Waals surface area contributed by atoms with E-state index >= 15 is 0 Å². The first kappa shape index (κ1) is 12.0. The Kier molecular flexibility index (Phi) is 5.13. The minimum atomic E-state index is 0.205. The maximum atomic E-state index is 9.14. The second-order valence-corrected chi connectivity index (χ2v) is 4.10. The fraction of sp³-hybridized carbons (Fsp3) is 0.429. The van der Waals surface area contributed by atoms with Crippen LogP contribution in [0.5, 0.6) is 0 Å². The number of hydrogen-bond acceptors (Lipinski definition) is 1. The lowest BCUT2D eigenvalue weighted by Crippen LogP contribution is -1.95. The van der Waals surface area contributed by atoms with Gasteiger partial charge in [0.05, 0.1) is 6.61 Å². The normalized spacial score (nSPS) is 10.1. The number of aliphatic hydroxyl groups is 1. The van der Waals surface area contributed by atoms with Gasteiger partial charge in [-0.05, 0) is 44.2 Å². The quantitative estimate of drug-likeness (QED) is 0.729. The third-order valence-corrected chi connectivity index (χ3v) is 2.68. The van der Waals surface area contributed by atoms with Crippen LogP contribution >= 0.6 is 0 Å². The molecule has 0 bridgehead atoms. The first-order chi connectivity index (χ1) is 7.24. The molecule has 0 aliphatic rings. The van der Waals surface area contributed by atoms with E-state index < -0.39 is 0 Å². The van der Waals surface area contributed by atoms with E-state index in [9.17, 15) is 0 Å². The molecule has 0 atom stereocenters. The van der Waals surface area contributed by atoms with Gasteiger partial charge in [0.25, 0.3) is 0 Å². The standard InChI is InChI=1S/C14H20O/c1-12(2)14(11-15)10-6-9-13-7-4-3-5-8-13/h3-5,7-8,15H,6,9-11H2,1-2H3. The molecule has 1 N–H and O–H groups in total. The van der Waals surface area contributed by atoms with Crippen LogP contribution in [-0.4, -0.2) is 11.7 Å². The minimum Gasteiger partial charge on any atom is -0.392 e. The second kappa shape index (κ2) is 6.41. The maximum Gasteiger partial charge on any atom is 0.0644 e. The Labute approximate surface area is 92.5 Å². The highest BCUT2D eigenvalue weighted by Gasteiger charge is 1.98. The van der Waals surface area contributed by atoms with Crippen molar-refractivity contribution in [3.8, 4) is 0 Å². The van der Waals surface area contributed by atoms with E-state index in [4.69, 9.17) is 5.11 Å². The van der Waals surface area contributed by atoms with Gasteiger partial charge in [-0.15, -0.1) is 0 Å². The van der Waals surface area contributed by atoms with Crippen LogP contribution in [0.25, 0.3) is 0 Å². The fourth-order valence-electron chi connectivity index (χ4n) is 1.64. The summed E-state index contributed by atoms with van der Waals surface area (Å²) in [5.41, 5.74) is 3.82. The van der Waals surface area contributed by atoms with E-state index in [2.05, 4.69) is 38.1 Å². The van der Waals surface area contributed by atoms with Crippen molar-refractivity contribution in [2.45, 2.75) is 33.1 Å². The highest BCUT2D eigenvalue weighted by Crippen LogP contribution is 2.12. The predicted molar refractivity (Wildman–Crippen MR) is 64.8 cm³/mol. The summed E-state index contributed by atoms with van der Waals surface area (Å²) < 4.78 is 0. The summed E-state index contributed by atoms with van der Waals surface area (Å²) in [5, 5.41) is 9.14. The Bertz CT molecular complexity index is 307. The Morgan fingerprint density at radius 3 is 2.33 bits per heavy atom. The van der Waals surface area contributed by atoms with E-state index in [0.29, 0.717) is 0 Å². The van der Waals surface area contributed by atoms with Crippen LogP contribution in [0.15, 0.2) is 41.5 Å². The molecule has 0 amide bonds. The largest absolute Gasteiger partial charge is 0.392 e. The van der Waals surface area contributed by atoms with Crippen molar-refractivity contribution in [1.29, 1.82) is 0 Å². The molecule has 0 aliphatic heterocycles. The topological polar surface area (TPSA) is 20.2 Å². The van der Waals surface area contributed by atoms with Gasteiger partial charge in [0, 0.05) is 0 Å². The zero-order valence-electron chi connectivity index (χ0n) is 9.66. The minimum absolute atomic E-state index is 0.205. The van der Waals surface area contributed by atoms with Crippen molar-refractivity contribution in [3.05, 3.63) is 47.0 Å².